The number of carbonyl (C=O) groups is 2. The van der Waals surface area contributed by atoms with Crippen LogP contribution < -0.4 is 4.72 Å². The molecule has 8 heteroatoms. The van der Waals surface area contributed by atoms with E-state index >= 15 is 0 Å². The second-order valence-corrected chi connectivity index (χ2v) is 5.35. The number of esters is 1. The molecule has 0 heterocycles. The van der Waals surface area contributed by atoms with Gasteiger partial charge in [-0.3, -0.25) is 4.79 Å². The lowest BCUT2D eigenvalue weighted by molar-refractivity contribution is -0.138. The molecule has 1 rings (SSSR count). The van der Waals surface area contributed by atoms with Crippen LogP contribution in [0.15, 0.2) is 29.2 Å². The lowest BCUT2D eigenvalue weighted by Gasteiger charge is -2.12. The first-order valence-electron chi connectivity index (χ1n) is 5.22. The van der Waals surface area contributed by atoms with Gasteiger partial charge in [-0.1, -0.05) is 12.1 Å². The number of benzene rings is 1. The fourth-order valence-corrected chi connectivity index (χ4v) is 2.72. The van der Waals surface area contributed by atoms with Crippen molar-refractivity contribution < 1.29 is 27.9 Å². The Morgan fingerprint density at radius 1 is 1.32 bits per heavy atom. The minimum absolute atomic E-state index is 0.157. The Morgan fingerprint density at radius 3 is 2.42 bits per heavy atom. The smallest absolute Gasteiger partial charge is 0.339 e. The molecular weight excluding hydrogens is 274 g/mol. The van der Waals surface area contributed by atoms with Gasteiger partial charge in [0.1, 0.15) is 6.04 Å². The van der Waals surface area contributed by atoms with Crippen LogP contribution in [-0.2, 0) is 19.6 Å². The van der Waals surface area contributed by atoms with Gasteiger partial charge in [-0.2, -0.15) is 4.72 Å². The summed E-state index contributed by atoms with van der Waals surface area (Å²) in [5.74, 6) is -2.14. The number of sulfonamides is 1. The zero-order chi connectivity index (χ0) is 14.6. The monoisotopic (exact) mass is 287 g/mol. The van der Waals surface area contributed by atoms with Crippen molar-refractivity contribution in [1.82, 2.24) is 4.72 Å². The third-order valence-electron chi connectivity index (χ3n) is 2.28. The molecule has 0 saturated carbocycles. The van der Waals surface area contributed by atoms with E-state index in [1.165, 1.54) is 31.2 Å². The van der Waals surface area contributed by atoms with Crippen molar-refractivity contribution >= 4 is 22.0 Å². The van der Waals surface area contributed by atoms with Crippen LogP contribution in [0.2, 0.25) is 0 Å². The normalized spacial score (nSPS) is 12.7. The number of hydrogen-bond acceptors (Lipinski definition) is 5. The van der Waals surface area contributed by atoms with Gasteiger partial charge in [0, 0.05) is 0 Å². The minimum Gasteiger partial charge on any atom is -0.480 e. The molecule has 19 heavy (non-hydrogen) atoms. The Hall–Kier alpha value is -1.93. The van der Waals surface area contributed by atoms with Crippen molar-refractivity contribution in [3.05, 3.63) is 29.8 Å². The van der Waals surface area contributed by atoms with E-state index in [4.69, 9.17) is 5.11 Å². The van der Waals surface area contributed by atoms with Crippen LogP contribution in [-0.4, -0.2) is 38.6 Å². The molecule has 0 spiro atoms. The van der Waals surface area contributed by atoms with E-state index in [-0.39, 0.29) is 10.5 Å². The number of aliphatic carboxylic acids is 1. The van der Waals surface area contributed by atoms with Gasteiger partial charge in [-0.15, -0.1) is 0 Å². The van der Waals surface area contributed by atoms with Crippen molar-refractivity contribution in [2.24, 2.45) is 0 Å². The number of hydrogen-bond donors (Lipinski definition) is 2. The fourth-order valence-electron chi connectivity index (χ4n) is 1.33. The van der Waals surface area contributed by atoms with Gasteiger partial charge in [-0.05, 0) is 19.1 Å². The van der Waals surface area contributed by atoms with Gasteiger partial charge >= 0.3 is 11.9 Å². The largest absolute Gasteiger partial charge is 0.480 e. The summed E-state index contributed by atoms with van der Waals surface area (Å²) in [4.78, 5) is 21.8. The molecule has 7 nitrogen and oxygen atoms in total. The minimum atomic E-state index is -4.12. The topological polar surface area (TPSA) is 110 Å². The molecule has 0 bridgehead atoms. The van der Waals surface area contributed by atoms with Crippen molar-refractivity contribution in [2.75, 3.05) is 7.11 Å². The maximum atomic E-state index is 12.0. The highest BCUT2D eigenvalue weighted by Crippen LogP contribution is 2.16. The zero-order valence-corrected chi connectivity index (χ0v) is 11.1. The fraction of sp³-hybridized carbons (Fsp3) is 0.273. The van der Waals surface area contributed by atoms with Crippen molar-refractivity contribution in [1.29, 1.82) is 0 Å². The predicted octanol–water partition coefficient (Wildman–Crippen LogP) is 0.225. The first-order valence-corrected chi connectivity index (χ1v) is 6.70. The summed E-state index contributed by atoms with van der Waals surface area (Å²) in [7, 11) is -3.00. The van der Waals surface area contributed by atoms with Gasteiger partial charge in [0.05, 0.1) is 17.6 Å². The Balaban J connectivity index is 3.22. The molecule has 0 aromatic heterocycles. The number of carboxylic acid groups (broad SMARTS) is 1. The van der Waals surface area contributed by atoms with Crippen LogP contribution in [0.1, 0.15) is 17.3 Å². The quantitative estimate of drug-likeness (QED) is 0.750. The maximum Gasteiger partial charge on any atom is 0.339 e. The SMILES string of the molecule is COC(=O)c1ccccc1S(=O)(=O)N[C@@H](C)C(=O)O. The summed E-state index contributed by atoms with van der Waals surface area (Å²) >= 11 is 0. The molecule has 1 atom stereocenters. The highest BCUT2D eigenvalue weighted by molar-refractivity contribution is 7.89. The molecule has 0 aliphatic heterocycles. The van der Waals surface area contributed by atoms with Gasteiger partial charge in [0.15, 0.2) is 0 Å². The maximum absolute atomic E-state index is 12.0. The van der Waals surface area contributed by atoms with E-state index in [9.17, 15) is 18.0 Å². The summed E-state index contributed by atoms with van der Waals surface area (Å²) in [6, 6.07) is 4.07. The Kier molecular flexibility index (Phi) is 4.62. The molecular formula is C11H13NO6S. The predicted molar refractivity (Wildman–Crippen MR) is 65.2 cm³/mol. The van der Waals surface area contributed by atoms with Crippen molar-refractivity contribution in [3.63, 3.8) is 0 Å². The number of carboxylic acids is 1. The lowest BCUT2D eigenvalue weighted by Crippen LogP contribution is -2.38. The zero-order valence-electron chi connectivity index (χ0n) is 10.3. The Morgan fingerprint density at radius 2 is 1.89 bits per heavy atom. The Bertz CT molecular complexity index is 595. The first kappa shape index (κ1) is 15.1. The number of rotatable bonds is 5. The number of methoxy groups -OCH3 is 1. The van der Waals surface area contributed by atoms with E-state index in [0.717, 1.165) is 7.11 Å². The molecule has 104 valence electrons. The van der Waals surface area contributed by atoms with Crippen LogP contribution in [0.25, 0.3) is 0 Å². The molecule has 0 unspecified atom stereocenters. The average Bonchev–Trinajstić information content (AvgIpc) is 2.37. The number of ether oxygens (including phenoxy) is 1. The molecule has 1 aromatic carbocycles. The van der Waals surface area contributed by atoms with Crippen LogP contribution in [0.5, 0.6) is 0 Å². The molecule has 0 amide bonds. The van der Waals surface area contributed by atoms with E-state index in [2.05, 4.69) is 4.74 Å². The van der Waals surface area contributed by atoms with Gasteiger partial charge < -0.3 is 9.84 Å². The summed E-state index contributed by atoms with van der Waals surface area (Å²) in [6.45, 7) is 1.18. The first-order chi connectivity index (χ1) is 8.79. The van der Waals surface area contributed by atoms with Crippen LogP contribution >= 0.6 is 0 Å². The standard InChI is InChI=1S/C11H13NO6S/c1-7(10(13)14)12-19(16,17)9-6-4-3-5-8(9)11(15)18-2/h3-7,12H,1-2H3,(H,13,14)/t7-/m0/s1. The highest BCUT2D eigenvalue weighted by atomic mass is 32.2. The van der Waals surface area contributed by atoms with Crippen LogP contribution in [0.4, 0.5) is 0 Å². The summed E-state index contributed by atoms with van der Waals surface area (Å²) in [5, 5.41) is 8.70. The highest BCUT2D eigenvalue weighted by Gasteiger charge is 2.26. The van der Waals surface area contributed by atoms with Gasteiger partial charge in [0.25, 0.3) is 0 Å². The Labute approximate surface area is 110 Å². The second kappa shape index (κ2) is 5.81. The third kappa shape index (κ3) is 3.52. The summed E-state index contributed by atoms with van der Waals surface area (Å²) in [6.07, 6.45) is 0. The van der Waals surface area contributed by atoms with Crippen LogP contribution in [0, 0.1) is 0 Å². The lowest BCUT2D eigenvalue weighted by atomic mass is 10.2. The van der Waals surface area contributed by atoms with Crippen molar-refractivity contribution in [2.45, 2.75) is 17.9 Å². The van der Waals surface area contributed by atoms with E-state index in [1.54, 1.807) is 0 Å². The van der Waals surface area contributed by atoms with E-state index in [0.29, 0.717) is 0 Å². The van der Waals surface area contributed by atoms with E-state index in [1.807, 2.05) is 4.72 Å². The van der Waals surface area contributed by atoms with Crippen molar-refractivity contribution in [3.8, 4) is 0 Å². The molecule has 0 aliphatic rings. The molecule has 0 radical (unpaired) electrons. The van der Waals surface area contributed by atoms with Gasteiger partial charge in [-0.25, -0.2) is 13.2 Å². The van der Waals surface area contributed by atoms with Gasteiger partial charge in [0.2, 0.25) is 10.0 Å². The average molecular weight is 287 g/mol. The number of nitrogens with one attached hydrogen (secondary N) is 1. The molecule has 0 aliphatic carbocycles. The molecule has 0 saturated heterocycles. The molecule has 0 fully saturated rings. The van der Waals surface area contributed by atoms with E-state index < -0.39 is 28.0 Å². The second-order valence-electron chi connectivity index (χ2n) is 3.67. The summed E-state index contributed by atoms with van der Waals surface area (Å²) < 4.78 is 30.4. The molecule has 2 N–H and O–H groups in total. The van der Waals surface area contributed by atoms with Crippen LogP contribution in [0.3, 0.4) is 0 Å². The molecule has 1 aromatic rings. The third-order valence-corrected chi connectivity index (χ3v) is 3.88. The summed E-state index contributed by atoms with van der Waals surface area (Å²) in [5.41, 5.74) is -0.157. The number of carbonyl (C=O) groups excluding carboxylic acids is 1.